The first-order valence-corrected chi connectivity index (χ1v) is 7.59. The maximum Gasteiger partial charge on any atom is 0.171 e. The van der Waals surface area contributed by atoms with Crippen LogP contribution in [0.2, 0.25) is 0 Å². The van der Waals surface area contributed by atoms with Crippen molar-refractivity contribution < 1.29 is 14.9 Å². The number of ether oxygens (including phenoxy) is 1. The van der Waals surface area contributed by atoms with Crippen LogP contribution in [-0.2, 0) is 4.74 Å². The average molecular weight is 362 g/mol. The van der Waals surface area contributed by atoms with Gasteiger partial charge >= 0.3 is 0 Å². The second-order valence-electron chi connectivity index (χ2n) is 5.26. The van der Waals surface area contributed by atoms with Crippen molar-refractivity contribution in [2.24, 2.45) is 5.73 Å². The normalized spacial score (nSPS) is 25.0. The van der Waals surface area contributed by atoms with Gasteiger partial charge in [-0.15, -0.1) is 0 Å². The first-order chi connectivity index (χ1) is 10.5. The summed E-state index contributed by atoms with van der Waals surface area (Å²) in [5.74, 6) is 0.0921. The van der Waals surface area contributed by atoms with Crippen molar-refractivity contribution in [3.63, 3.8) is 0 Å². The molecule has 0 fully saturated rings. The molecule has 0 spiro atoms. The number of aliphatic hydroxyl groups is 1. The van der Waals surface area contributed by atoms with E-state index in [2.05, 4.69) is 15.9 Å². The van der Waals surface area contributed by atoms with Crippen LogP contribution >= 0.6 is 15.9 Å². The first-order valence-electron chi connectivity index (χ1n) is 6.79. The number of nitrogens with two attached hydrogens (primary N) is 1. The molecule has 0 bridgehead atoms. The molecule has 0 aromatic heterocycles. The van der Waals surface area contributed by atoms with Crippen LogP contribution in [0.15, 0.2) is 53.0 Å². The van der Waals surface area contributed by atoms with E-state index in [0.29, 0.717) is 21.0 Å². The summed E-state index contributed by atoms with van der Waals surface area (Å²) in [6.45, 7) is 0. The molecule has 4 nitrogen and oxygen atoms in total. The van der Waals surface area contributed by atoms with Crippen molar-refractivity contribution in [1.29, 1.82) is 0 Å². The zero-order valence-corrected chi connectivity index (χ0v) is 13.5. The van der Waals surface area contributed by atoms with Crippen LogP contribution < -0.4 is 5.73 Å². The van der Waals surface area contributed by atoms with Crippen LogP contribution in [0.4, 0.5) is 0 Å². The average Bonchev–Trinajstić information content (AvgIpc) is 2.49. The van der Waals surface area contributed by atoms with E-state index >= 15 is 0 Å². The summed E-state index contributed by atoms with van der Waals surface area (Å²) in [7, 11) is 1.47. The highest BCUT2D eigenvalue weighted by atomic mass is 79.9. The fraction of sp³-hybridized carbons (Fsp3) is 0.176. The molecular weight excluding hydrogens is 346 g/mol. The molecule has 4 N–H and O–H groups in total. The molecule has 2 unspecified atom stereocenters. The van der Waals surface area contributed by atoms with Gasteiger partial charge in [0.2, 0.25) is 0 Å². The van der Waals surface area contributed by atoms with Crippen LogP contribution in [0.25, 0.3) is 16.3 Å². The van der Waals surface area contributed by atoms with E-state index in [4.69, 9.17) is 10.5 Å². The van der Waals surface area contributed by atoms with E-state index in [-0.39, 0.29) is 5.75 Å². The van der Waals surface area contributed by atoms with Gasteiger partial charge in [-0.1, -0.05) is 58.4 Å². The maximum absolute atomic E-state index is 10.7. The molecular formula is C17H16BrNO3. The lowest BCUT2D eigenvalue weighted by atomic mass is 9.86. The molecule has 1 aliphatic rings. The highest BCUT2D eigenvalue weighted by Gasteiger charge is 2.42. The van der Waals surface area contributed by atoms with Crippen LogP contribution in [0.5, 0.6) is 5.75 Å². The Labute approximate surface area is 136 Å². The molecule has 0 heterocycles. The summed E-state index contributed by atoms with van der Waals surface area (Å²) in [5, 5.41) is 22.9. The Kier molecular flexibility index (Phi) is 3.82. The van der Waals surface area contributed by atoms with E-state index < -0.39 is 11.8 Å². The number of hydrogen-bond acceptors (Lipinski definition) is 4. The highest BCUT2D eigenvalue weighted by Crippen LogP contribution is 2.41. The van der Waals surface area contributed by atoms with Gasteiger partial charge in [0, 0.05) is 28.1 Å². The van der Waals surface area contributed by atoms with Crippen LogP contribution in [0.3, 0.4) is 0 Å². The summed E-state index contributed by atoms with van der Waals surface area (Å²) in [5.41, 5.74) is 5.24. The van der Waals surface area contributed by atoms with Crippen LogP contribution in [-0.4, -0.2) is 29.2 Å². The van der Waals surface area contributed by atoms with Gasteiger partial charge in [-0.2, -0.15) is 0 Å². The smallest absolute Gasteiger partial charge is 0.171 e. The summed E-state index contributed by atoms with van der Waals surface area (Å²) >= 11 is 3.34. The molecule has 2 aromatic rings. The minimum atomic E-state index is -1.75. The number of phenols is 1. The molecule has 0 aliphatic heterocycles. The summed E-state index contributed by atoms with van der Waals surface area (Å²) in [6.07, 6.45) is 2.71. The van der Waals surface area contributed by atoms with E-state index in [1.54, 1.807) is 18.2 Å². The Morgan fingerprint density at radius 1 is 1.18 bits per heavy atom. The summed E-state index contributed by atoms with van der Waals surface area (Å²) in [6, 6.07) is 11.1. The Morgan fingerprint density at radius 2 is 1.91 bits per heavy atom. The lowest BCUT2D eigenvalue weighted by Crippen LogP contribution is -2.53. The zero-order chi connectivity index (χ0) is 15.9. The molecule has 0 amide bonds. The monoisotopic (exact) mass is 361 g/mol. The molecule has 114 valence electrons. The maximum atomic E-state index is 10.7. The van der Waals surface area contributed by atoms with E-state index in [1.165, 1.54) is 7.11 Å². The number of aromatic hydroxyl groups is 1. The second-order valence-corrected chi connectivity index (χ2v) is 6.17. The molecule has 1 aliphatic carbocycles. The molecule has 2 atom stereocenters. The summed E-state index contributed by atoms with van der Waals surface area (Å²) in [4.78, 5) is 0. The topological polar surface area (TPSA) is 75.7 Å². The van der Waals surface area contributed by atoms with Gasteiger partial charge in [-0.25, -0.2) is 0 Å². The van der Waals surface area contributed by atoms with E-state index in [1.807, 2.05) is 30.3 Å². The number of methoxy groups -OCH3 is 1. The van der Waals surface area contributed by atoms with E-state index in [0.717, 1.165) is 5.39 Å². The molecule has 3 rings (SSSR count). The van der Waals surface area contributed by atoms with Crippen molar-refractivity contribution in [2.75, 3.05) is 7.11 Å². The minimum absolute atomic E-state index is 0.0921. The Balaban J connectivity index is 2.21. The molecule has 0 saturated carbocycles. The van der Waals surface area contributed by atoms with Crippen LogP contribution in [0, 0.1) is 0 Å². The SMILES string of the molecule is COC1C(Br)=CC=C(c2ccc3ccccc3c2O)C1(N)O. The molecule has 0 saturated heterocycles. The van der Waals surface area contributed by atoms with Gasteiger partial charge in [0.1, 0.15) is 11.9 Å². The fourth-order valence-electron chi connectivity index (χ4n) is 2.81. The number of hydrogen-bond donors (Lipinski definition) is 3. The third-order valence-corrected chi connectivity index (χ3v) is 4.60. The van der Waals surface area contributed by atoms with E-state index in [9.17, 15) is 10.2 Å². The number of allylic oxidation sites excluding steroid dienone is 2. The van der Waals surface area contributed by atoms with Crippen molar-refractivity contribution >= 4 is 32.3 Å². The fourth-order valence-corrected chi connectivity index (χ4v) is 3.47. The van der Waals surface area contributed by atoms with Crippen molar-refractivity contribution in [3.05, 3.63) is 58.6 Å². The van der Waals surface area contributed by atoms with Gasteiger partial charge in [-0.05, 0) is 11.5 Å². The standard InChI is InChI=1S/C17H16BrNO3/c1-22-16-14(18)9-8-13(17(16,19)21)12-7-6-10-4-2-3-5-11(10)15(12)20/h2-9,16,20-21H,19H2,1H3. The Hall–Kier alpha value is -1.66. The Morgan fingerprint density at radius 3 is 2.64 bits per heavy atom. The second kappa shape index (κ2) is 5.52. The third kappa shape index (κ3) is 2.27. The Bertz CT molecular complexity index is 796. The lowest BCUT2D eigenvalue weighted by molar-refractivity contribution is -0.0281. The quantitative estimate of drug-likeness (QED) is 0.718. The van der Waals surface area contributed by atoms with Gasteiger partial charge in [0.05, 0.1) is 0 Å². The number of fused-ring (bicyclic) bond motifs is 1. The predicted molar refractivity (Wildman–Crippen MR) is 90.5 cm³/mol. The van der Waals surface area contributed by atoms with Crippen LogP contribution in [0.1, 0.15) is 5.56 Å². The number of halogens is 1. The molecule has 5 heteroatoms. The molecule has 2 aromatic carbocycles. The molecule has 22 heavy (non-hydrogen) atoms. The minimum Gasteiger partial charge on any atom is -0.507 e. The first kappa shape index (κ1) is 15.2. The lowest BCUT2D eigenvalue weighted by Gasteiger charge is -2.36. The van der Waals surface area contributed by atoms with Crippen molar-refractivity contribution in [3.8, 4) is 5.75 Å². The number of rotatable bonds is 2. The number of benzene rings is 2. The van der Waals surface area contributed by atoms with Gasteiger partial charge in [0.25, 0.3) is 0 Å². The van der Waals surface area contributed by atoms with Crippen molar-refractivity contribution in [2.45, 2.75) is 11.8 Å². The van der Waals surface area contributed by atoms with Crippen molar-refractivity contribution in [1.82, 2.24) is 0 Å². The van der Waals surface area contributed by atoms with Gasteiger partial charge in [0.15, 0.2) is 5.72 Å². The summed E-state index contributed by atoms with van der Waals surface area (Å²) < 4.78 is 5.93. The van der Waals surface area contributed by atoms with Gasteiger partial charge < -0.3 is 14.9 Å². The predicted octanol–water partition coefficient (Wildman–Crippen LogP) is 2.88. The van der Waals surface area contributed by atoms with Gasteiger partial charge in [-0.3, -0.25) is 5.73 Å². The molecule has 0 radical (unpaired) electrons. The zero-order valence-electron chi connectivity index (χ0n) is 12.0. The highest BCUT2D eigenvalue weighted by molar-refractivity contribution is 9.11. The largest absolute Gasteiger partial charge is 0.507 e. The third-order valence-electron chi connectivity index (χ3n) is 3.92. The number of phenolic OH excluding ortho intramolecular Hbond substituents is 1.